The van der Waals surface area contributed by atoms with Crippen LogP contribution >= 0.6 is 0 Å². The SMILES string of the molecule is CC(C)C(C)(NC(=O)c1ccccc1)c1ccccc1. The first kappa shape index (κ1) is 14.3. The van der Waals surface area contributed by atoms with E-state index in [1.165, 1.54) is 0 Å². The van der Waals surface area contributed by atoms with Crippen molar-refractivity contribution in [2.45, 2.75) is 26.3 Å². The topological polar surface area (TPSA) is 29.1 Å². The Morgan fingerprint density at radius 3 is 1.95 bits per heavy atom. The quantitative estimate of drug-likeness (QED) is 0.891. The van der Waals surface area contributed by atoms with E-state index in [4.69, 9.17) is 0 Å². The largest absolute Gasteiger partial charge is 0.343 e. The van der Waals surface area contributed by atoms with Crippen molar-refractivity contribution in [3.05, 3.63) is 71.8 Å². The molecule has 20 heavy (non-hydrogen) atoms. The number of hydrogen-bond acceptors (Lipinski definition) is 1. The second kappa shape index (κ2) is 5.91. The maximum atomic E-state index is 12.4. The van der Waals surface area contributed by atoms with E-state index in [9.17, 15) is 4.79 Å². The van der Waals surface area contributed by atoms with E-state index < -0.39 is 0 Å². The van der Waals surface area contributed by atoms with Crippen LogP contribution in [0.5, 0.6) is 0 Å². The third-order valence-electron chi connectivity index (χ3n) is 3.94. The summed E-state index contributed by atoms with van der Waals surface area (Å²) < 4.78 is 0. The number of carbonyl (C=O) groups is 1. The molecule has 0 fully saturated rings. The molecule has 1 amide bonds. The average molecular weight is 267 g/mol. The van der Waals surface area contributed by atoms with Crippen LogP contribution in [-0.4, -0.2) is 5.91 Å². The minimum atomic E-state index is -0.381. The van der Waals surface area contributed by atoms with Crippen molar-refractivity contribution in [2.75, 3.05) is 0 Å². The Balaban J connectivity index is 2.29. The van der Waals surface area contributed by atoms with Crippen LogP contribution in [0.3, 0.4) is 0 Å². The second-order valence-corrected chi connectivity index (χ2v) is 5.54. The first-order valence-electron chi connectivity index (χ1n) is 6.97. The highest BCUT2D eigenvalue weighted by molar-refractivity contribution is 5.94. The molecular weight excluding hydrogens is 246 g/mol. The van der Waals surface area contributed by atoms with Gasteiger partial charge < -0.3 is 5.32 Å². The fourth-order valence-electron chi connectivity index (χ4n) is 2.23. The maximum Gasteiger partial charge on any atom is 0.251 e. The average Bonchev–Trinajstić information content (AvgIpc) is 2.48. The predicted molar refractivity (Wildman–Crippen MR) is 82.5 cm³/mol. The summed E-state index contributed by atoms with van der Waals surface area (Å²) in [5.41, 5.74) is 1.43. The van der Waals surface area contributed by atoms with Crippen molar-refractivity contribution < 1.29 is 4.79 Å². The molecule has 1 atom stereocenters. The highest BCUT2D eigenvalue weighted by Gasteiger charge is 2.32. The number of carbonyl (C=O) groups excluding carboxylic acids is 1. The molecule has 0 aliphatic carbocycles. The molecule has 1 N–H and O–H groups in total. The Hall–Kier alpha value is -2.09. The Morgan fingerprint density at radius 2 is 1.45 bits per heavy atom. The van der Waals surface area contributed by atoms with E-state index in [2.05, 4.69) is 38.2 Å². The second-order valence-electron chi connectivity index (χ2n) is 5.54. The lowest BCUT2D eigenvalue weighted by molar-refractivity contribution is 0.0876. The van der Waals surface area contributed by atoms with Crippen LogP contribution in [0.2, 0.25) is 0 Å². The van der Waals surface area contributed by atoms with Gasteiger partial charge in [0.05, 0.1) is 5.54 Å². The summed E-state index contributed by atoms with van der Waals surface area (Å²) in [6.07, 6.45) is 0. The van der Waals surface area contributed by atoms with Crippen LogP contribution in [0.15, 0.2) is 60.7 Å². The van der Waals surface area contributed by atoms with Crippen molar-refractivity contribution in [3.8, 4) is 0 Å². The molecule has 0 saturated carbocycles. The summed E-state index contributed by atoms with van der Waals surface area (Å²) in [6, 6.07) is 19.5. The van der Waals surface area contributed by atoms with E-state index >= 15 is 0 Å². The van der Waals surface area contributed by atoms with Crippen molar-refractivity contribution in [2.24, 2.45) is 5.92 Å². The number of amides is 1. The first-order valence-corrected chi connectivity index (χ1v) is 6.97. The zero-order valence-electron chi connectivity index (χ0n) is 12.3. The summed E-state index contributed by atoms with van der Waals surface area (Å²) in [5, 5.41) is 3.19. The molecule has 0 saturated heterocycles. The third kappa shape index (κ3) is 2.90. The van der Waals surface area contributed by atoms with E-state index in [0.717, 1.165) is 5.56 Å². The smallest absolute Gasteiger partial charge is 0.251 e. The Kier molecular flexibility index (Phi) is 4.23. The van der Waals surface area contributed by atoms with Gasteiger partial charge in [0, 0.05) is 5.56 Å². The molecule has 0 bridgehead atoms. The zero-order chi connectivity index (χ0) is 14.6. The lowest BCUT2D eigenvalue weighted by Gasteiger charge is -2.35. The van der Waals surface area contributed by atoms with Gasteiger partial charge in [-0.2, -0.15) is 0 Å². The van der Waals surface area contributed by atoms with Gasteiger partial charge in [-0.3, -0.25) is 4.79 Å². The van der Waals surface area contributed by atoms with E-state index in [1.54, 1.807) is 0 Å². The molecule has 0 aromatic heterocycles. The van der Waals surface area contributed by atoms with Crippen LogP contribution in [0.25, 0.3) is 0 Å². The van der Waals surface area contributed by atoms with Gasteiger partial charge in [0.15, 0.2) is 0 Å². The van der Waals surface area contributed by atoms with Gasteiger partial charge in [0.2, 0.25) is 0 Å². The molecule has 2 nitrogen and oxygen atoms in total. The number of hydrogen-bond donors (Lipinski definition) is 1. The zero-order valence-corrected chi connectivity index (χ0v) is 12.3. The monoisotopic (exact) mass is 267 g/mol. The minimum absolute atomic E-state index is 0.0364. The van der Waals surface area contributed by atoms with Gasteiger partial charge in [-0.15, -0.1) is 0 Å². The van der Waals surface area contributed by atoms with Crippen LogP contribution < -0.4 is 5.32 Å². The van der Waals surface area contributed by atoms with Gasteiger partial charge in [-0.05, 0) is 30.5 Å². The van der Waals surface area contributed by atoms with E-state index in [1.807, 2.05) is 48.5 Å². The van der Waals surface area contributed by atoms with E-state index in [0.29, 0.717) is 5.56 Å². The molecule has 104 valence electrons. The number of benzene rings is 2. The normalized spacial score (nSPS) is 13.8. The molecule has 2 rings (SSSR count). The Bertz CT molecular complexity index is 562. The number of rotatable bonds is 4. The first-order chi connectivity index (χ1) is 9.54. The molecule has 0 radical (unpaired) electrons. The standard InChI is InChI=1S/C18H21NO/c1-14(2)18(3,16-12-8-5-9-13-16)19-17(20)15-10-6-4-7-11-15/h4-14H,1-3H3,(H,19,20). The summed E-state index contributed by atoms with van der Waals surface area (Å²) in [5.74, 6) is 0.253. The highest BCUT2D eigenvalue weighted by Crippen LogP contribution is 2.29. The molecule has 1 unspecified atom stereocenters. The summed E-state index contributed by atoms with van der Waals surface area (Å²) in [7, 11) is 0. The van der Waals surface area contributed by atoms with E-state index in [-0.39, 0.29) is 17.4 Å². The molecule has 2 aromatic rings. The molecule has 0 spiro atoms. The van der Waals surface area contributed by atoms with Gasteiger partial charge in [-0.1, -0.05) is 62.4 Å². The van der Waals surface area contributed by atoms with Crippen LogP contribution in [-0.2, 0) is 5.54 Å². The fraction of sp³-hybridized carbons (Fsp3) is 0.278. The van der Waals surface area contributed by atoms with Gasteiger partial charge >= 0.3 is 0 Å². The van der Waals surface area contributed by atoms with Crippen molar-refractivity contribution in [1.82, 2.24) is 5.32 Å². The van der Waals surface area contributed by atoms with Crippen LogP contribution in [0.1, 0.15) is 36.7 Å². The Labute approximate surface area is 120 Å². The van der Waals surface area contributed by atoms with Crippen molar-refractivity contribution in [3.63, 3.8) is 0 Å². The molecule has 0 aliphatic heterocycles. The summed E-state index contributed by atoms with van der Waals surface area (Å²) in [6.45, 7) is 6.32. The van der Waals surface area contributed by atoms with Crippen LogP contribution in [0, 0.1) is 5.92 Å². The summed E-state index contributed by atoms with van der Waals surface area (Å²) in [4.78, 5) is 12.4. The van der Waals surface area contributed by atoms with Crippen LogP contribution in [0.4, 0.5) is 0 Å². The molecular formula is C18H21NO. The molecule has 2 aromatic carbocycles. The molecule has 2 heteroatoms. The minimum Gasteiger partial charge on any atom is -0.343 e. The number of nitrogens with one attached hydrogen (secondary N) is 1. The predicted octanol–water partition coefficient (Wildman–Crippen LogP) is 3.99. The van der Waals surface area contributed by atoms with Gasteiger partial charge in [0.1, 0.15) is 0 Å². The van der Waals surface area contributed by atoms with Crippen molar-refractivity contribution >= 4 is 5.91 Å². The third-order valence-corrected chi connectivity index (χ3v) is 3.94. The molecule has 0 heterocycles. The lowest BCUT2D eigenvalue weighted by atomic mass is 9.81. The van der Waals surface area contributed by atoms with Crippen molar-refractivity contribution in [1.29, 1.82) is 0 Å². The fourth-order valence-corrected chi connectivity index (χ4v) is 2.23. The van der Waals surface area contributed by atoms with Gasteiger partial charge in [0.25, 0.3) is 5.91 Å². The highest BCUT2D eigenvalue weighted by atomic mass is 16.1. The lowest BCUT2D eigenvalue weighted by Crippen LogP contribution is -2.47. The molecule has 0 aliphatic rings. The summed E-state index contributed by atoms with van der Waals surface area (Å²) >= 11 is 0. The Morgan fingerprint density at radius 1 is 0.950 bits per heavy atom. The van der Waals surface area contributed by atoms with Gasteiger partial charge in [-0.25, -0.2) is 0 Å². The maximum absolute atomic E-state index is 12.4.